The molecule has 0 fully saturated rings. The molecule has 0 bridgehead atoms. The molecule has 130 valence electrons. The van der Waals surface area contributed by atoms with Gasteiger partial charge in [0, 0.05) is 5.69 Å². The first kappa shape index (κ1) is 17.1. The molecule has 0 aromatic heterocycles. The number of ether oxygens (including phenoxy) is 1. The van der Waals surface area contributed by atoms with Gasteiger partial charge in [0.2, 0.25) is 0 Å². The quantitative estimate of drug-likeness (QED) is 0.737. The Labute approximate surface area is 141 Å². The number of hydrogen-bond donors (Lipinski definition) is 1. The van der Waals surface area contributed by atoms with Gasteiger partial charge in [0.1, 0.15) is 5.75 Å². The van der Waals surface area contributed by atoms with E-state index in [9.17, 15) is 21.6 Å². The van der Waals surface area contributed by atoms with Gasteiger partial charge in [0.05, 0.1) is 4.90 Å². The molecule has 4 nitrogen and oxygen atoms in total. The van der Waals surface area contributed by atoms with Gasteiger partial charge >= 0.3 is 6.36 Å². The lowest BCUT2D eigenvalue weighted by molar-refractivity contribution is -0.274. The van der Waals surface area contributed by atoms with E-state index in [0.29, 0.717) is 5.69 Å². The average molecular weight is 367 g/mol. The van der Waals surface area contributed by atoms with Crippen LogP contribution >= 0.6 is 0 Å². The summed E-state index contributed by atoms with van der Waals surface area (Å²) in [6.07, 6.45) is -4.83. The zero-order valence-electron chi connectivity index (χ0n) is 12.6. The summed E-state index contributed by atoms with van der Waals surface area (Å²) >= 11 is 0. The highest BCUT2D eigenvalue weighted by Gasteiger charge is 2.31. The summed E-state index contributed by atoms with van der Waals surface area (Å²) < 4.78 is 67.3. The van der Waals surface area contributed by atoms with Crippen molar-refractivity contribution in [2.75, 3.05) is 4.72 Å². The highest BCUT2D eigenvalue weighted by atomic mass is 32.2. The first-order valence-electron chi connectivity index (χ1n) is 7.10. The van der Waals surface area contributed by atoms with Crippen molar-refractivity contribution in [3.63, 3.8) is 0 Å². The van der Waals surface area contributed by atoms with Crippen LogP contribution in [0.4, 0.5) is 18.9 Å². The summed E-state index contributed by atoms with van der Waals surface area (Å²) in [4.78, 5) is -0.171. The first-order chi connectivity index (χ1) is 11.7. The molecule has 1 N–H and O–H groups in total. The molecule has 0 radical (unpaired) electrons. The largest absolute Gasteiger partial charge is 0.573 e. The molecule has 3 rings (SSSR count). The van der Waals surface area contributed by atoms with Crippen LogP contribution in [0.15, 0.2) is 71.6 Å². The van der Waals surface area contributed by atoms with E-state index in [-0.39, 0.29) is 4.90 Å². The van der Waals surface area contributed by atoms with Crippen LogP contribution in [0.2, 0.25) is 0 Å². The molecule has 0 unspecified atom stereocenters. The third-order valence-corrected chi connectivity index (χ3v) is 4.77. The zero-order chi connectivity index (χ0) is 18.1. The number of anilines is 1. The van der Waals surface area contributed by atoms with Gasteiger partial charge < -0.3 is 4.74 Å². The Kier molecular flexibility index (Phi) is 4.30. The van der Waals surface area contributed by atoms with Crippen molar-refractivity contribution >= 4 is 26.5 Å². The Morgan fingerprint density at radius 1 is 0.840 bits per heavy atom. The predicted octanol–water partition coefficient (Wildman–Crippen LogP) is 4.54. The maximum atomic E-state index is 12.4. The minimum atomic E-state index is -4.83. The van der Waals surface area contributed by atoms with Gasteiger partial charge in [-0.3, -0.25) is 4.72 Å². The van der Waals surface area contributed by atoms with Crippen LogP contribution in [0.1, 0.15) is 0 Å². The van der Waals surface area contributed by atoms with E-state index in [4.69, 9.17) is 0 Å². The highest BCUT2D eigenvalue weighted by Crippen LogP contribution is 2.25. The average Bonchev–Trinajstić information content (AvgIpc) is 2.53. The Balaban J connectivity index is 1.83. The Morgan fingerprint density at radius 2 is 1.48 bits per heavy atom. The predicted molar refractivity (Wildman–Crippen MR) is 87.9 cm³/mol. The number of benzene rings is 3. The van der Waals surface area contributed by atoms with Gasteiger partial charge in [0.25, 0.3) is 10.0 Å². The second-order valence-corrected chi connectivity index (χ2v) is 6.87. The summed E-state index contributed by atoms with van der Waals surface area (Å²) in [6.45, 7) is 0. The number of halogens is 3. The van der Waals surface area contributed by atoms with E-state index in [2.05, 4.69) is 9.46 Å². The van der Waals surface area contributed by atoms with Gasteiger partial charge in [-0.05, 0) is 47.2 Å². The van der Waals surface area contributed by atoms with Gasteiger partial charge in [-0.15, -0.1) is 13.2 Å². The second kappa shape index (κ2) is 6.29. The smallest absolute Gasteiger partial charge is 0.406 e. The molecule has 0 saturated heterocycles. The van der Waals surface area contributed by atoms with E-state index in [1.165, 1.54) is 0 Å². The van der Waals surface area contributed by atoms with Crippen LogP contribution in [-0.2, 0) is 10.0 Å². The van der Waals surface area contributed by atoms with Crippen LogP contribution in [-0.4, -0.2) is 14.8 Å². The molecule has 0 aliphatic carbocycles. The van der Waals surface area contributed by atoms with Crippen molar-refractivity contribution in [1.82, 2.24) is 0 Å². The number of alkyl halides is 3. The highest BCUT2D eigenvalue weighted by molar-refractivity contribution is 7.92. The van der Waals surface area contributed by atoms with Crippen LogP contribution in [0.25, 0.3) is 10.8 Å². The van der Waals surface area contributed by atoms with Crippen molar-refractivity contribution in [1.29, 1.82) is 0 Å². The molecule has 0 aliphatic heterocycles. The van der Waals surface area contributed by atoms with E-state index in [1.807, 2.05) is 24.3 Å². The van der Waals surface area contributed by atoms with Crippen LogP contribution in [0.3, 0.4) is 0 Å². The summed E-state index contributed by atoms with van der Waals surface area (Å²) in [5.74, 6) is -0.489. The molecule has 3 aromatic carbocycles. The lowest BCUT2D eigenvalue weighted by Gasteiger charge is -2.11. The Morgan fingerprint density at radius 3 is 2.12 bits per heavy atom. The number of sulfonamides is 1. The molecule has 8 heteroatoms. The fourth-order valence-electron chi connectivity index (χ4n) is 2.29. The number of nitrogens with one attached hydrogen (secondary N) is 1. The Bertz CT molecular complexity index is 1000. The lowest BCUT2D eigenvalue weighted by Crippen LogP contribution is -2.17. The number of rotatable bonds is 4. The van der Waals surface area contributed by atoms with Crippen molar-refractivity contribution < 1.29 is 26.3 Å². The number of hydrogen-bond acceptors (Lipinski definition) is 3. The monoisotopic (exact) mass is 367 g/mol. The molecule has 3 aromatic rings. The van der Waals surface area contributed by atoms with E-state index < -0.39 is 22.1 Å². The van der Waals surface area contributed by atoms with Gasteiger partial charge in [0.15, 0.2) is 0 Å². The summed E-state index contributed by atoms with van der Waals surface area (Å²) in [7, 11) is -3.93. The molecule has 0 saturated carbocycles. The minimum Gasteiger partial charge on any atom is -0.406 e. The van der Waals surface area contributed by atoms with Gasteiger partial charge in [-0.1, -0.05) is 30.3 Å². The van der Waals surface area contributed by atoms with Crippen LogP contribution < -0.4 is 9.46 Å². The third-order valence-electron chi connectivity index (χ3n) is 3.37. The summed E-state index contributed by atoms with van der Waals surface area (Å²) in [6, 6.07) is 16.5. The molecule has 25 heavy (non-hydrogen) atoms. The molecular weight excluding hydrogens is 355 g/mol. The zero-order valence-corrected chi connectivity index (χ0v) is 13.4. The normalized spacial score (nSPS) is 12.1. The SMILES string of the molecule is O=S(=O)(Nc1ccc2ccccc2c1)c1ccc(OC(F)(F)F)cc1. The molecule has 0 atom stereocenters. The van der Waals surface area contributed by atoms with E-state index in [0.717, 1.165) is 35.0 Å². The summed E-state index contributed by atoms with van der Waals surface area (Å²) in [5, 5.41) is 1.82. The van der Waals surface area contributed by atoms with Gasteiger partial charge in [-0.25, -0.2) is 8.42 Å². The molecule has 0 amide bonds. The van der Waals surface area contributed by atoms with Gasteiger partial charge in [-0.2, -0.15) is 0 Å². The van der Waals surface area contributed by atoms with Crippen molar-refractivity contribution in [2.24, 2.45) is 0 Å². The Hall–Kier alpha value is -2.74. The van der Waals surface area contributed by atoms with Crippen LogP contribution in [0.5, 0.6) is 5.75 Å². The maximum Gasteiger partial charge on any atom is 0.573 e. The second-order valence-electron chi connectivity index (χ2n) is 5.19. The number of fused-ring (bicyclic) bond motifs is 1. The van der Waals surface area contributed by atoms with Crippen molar-refractivity contribution in [2.45, 2.75) is 11.3 Å². The first-order valence-corrected chi connectivity index (χ1v) is 8.59. The van der Waals surface area contributed by atoms with E-state index >= 15 is 0 Å². The standard InChI is InChI=1S/C17H12F3NO3S/c18-17(19,20)24-15-7-9-16(10-8-15)25(22,23)21-14-6-5-12-3-1-2-4-13(12)11-14/h1-11,21H. The fraction of sp³-hybridized carbons (Fsp3) is 0.0588. The topological polar surface area (TPSA) is 55.4 Å². The lowest BCUT2D eigenvalue weighted by atomic mass is 10.1. The van der Waals surface area contributed by atoms with Crippen LogP contribution in [0, 0.1) is 0 Å². The third kappa shape index (κ3) is 4.21. The minimum absolute atomic E-state index is 0.171. The molecule has 0 heterocycles. The summed E-state index contributed by atoms with van der Waals surface area (Å²) in [5.41, 5.74) is 0.356. The van der Waals surface area contributed by atoms with Crippen molar-refractivity contribution in [3.05, 3.63) is 66.7 Å². The van der Waals surface area contributed by atoms with Crippen molar-refractivity contribution in [3.8, 4) is 5.75 Å². The molecule has 0 aliphatic rings. The molecular formula is C17H12F3NO3S. The molecule has 0 spiro atoms. The fourth-order valence-corrected chi connectivity index (χ4v) is 3.34. The van der Waals surface area contributed by atoms with E-state index in [1.54, 1.807) is 18.2 Å². The maximum absolute atomic E-state index is 12.4.